The van der Waals surface area contributed by atoms with Crippen LogP contribution in [0.25, 0.3) is 0 Å². The third kappa shape index (κ3) is 5.68. The van der Waals surface area contributed by atoms with Gasteiger partial charge >= 0.3 is 6.36 Å². The maximum Gasteiger partial charge on any atom is 0.573 e. The second-order valence-electron chi connectivity index (χ2n) is 7.12. The molecule has 26 heavy (non-hydrogen) atoms. The number of benzene rings is 1. The number of rotatable bonds is 9. The first-order valence-corrected chi connectivity index (χ1v) is 9.26. The fraction of sp³-hybridized carbons (Fsp3) is 0.684. The Morgan fingerprint density at radius 3 is 1.96 bits per heavy atom. The van der Waals surface area contributed by atoms with Gasteiger partial charge in [-0.25, -0.2) is 0 Å². The van der Waals surface area contributed by atoms with Crippen molar-refractivity contribution in [1.29, 1.82) is 0 Å². The topological polar surface area (TPSA) is 27.7 Å². The molecule has 2 aliphatic carbocycles. The molecule has 2 fully saturated rings. The van der Waals surface area contributed by atoms with Crippen molar-refractivity contribution in [3.8, 4) is 17.2 Å². The SMILES string of the molecule is Fc1c(OCCC2CC2)ccc(OCCC2CCCC2)c1OC(F)(F)F. The van der Waals surface area contributed by atoms with Gasteiger partial charge in [-0.1, -0.05) is 38.5 Å². The maximum atomic E-state index is 14.5. The highest BCUT2D eigenvalue weighted by Gasteiger charge is 2.35. The number of halogens is 4. The zero-order valence-electron chi connectivity index (χ0n) is 14.6. The van der Waals surface area contributed by atoms with Gasteiger partial charge in [-0.3, -0.25) is 0 Å². The van der Waals surface area contributed by atoms with Crippen molar-refractivity contribution >= 4 is 0 Å². The van der Waals surface area contributed by atoms with Crippen LogP contribution >= 0.6 is 0 Å². The highest BCUT2D eigenvalue weighted by atomic mass is 19.4. The Balaban J connectivity index is 1.65. The predicted molar refractivity (Wildman–Crippen MR) is 88.0 cm³/mol. The Kier molecular flexibility index (Phi) is 6.14. The summed E-state index contributed by atoms with van der Waals surface area (Å²) in [6.07, 6.45) is 3.33. The number of ether oxygens (including phenoxy) is 3. The minimum absolute atomic E-state index is 0.236. The molecule has 0 aliphatic heterocycles. The third-order valence-corrected chi connectivity index (χ3v) is 4.98. The average molecular weight is 376 g/mol. The van der Waals surface area contributed by atoms with Crippen LogP contribution in [0.15, 0.2) is 12.1 Å². The second-order valence-corrected chi connectivity index (χ2v) is 7.12. The van der Waals surface area contributed by atoms with Gasteiger partial charge in [0.2, 0.25) is 11.6 Å². The smallest absolute Gasteiger partial charge is 0.490 e. The summed E-state index contributed by atoms with van der Waals surface area (Å²) in [6, 6.07) is 2.58. The van der Waals surface area contributed by atoms with Gasteiger partial charge in [-0.05, 0) is 36.8 Å². The fourth-order valence-electron chi connectivity index (χ4n) is 3.33. The van der Waals surface area contributed by atoms with E-state index >= 15 is 0 Å². The highest BCUT2D eigenvalue weighted by Crippen LogP contribution is 2.40. The van der Waals surface area contributed by atoms with E-state index in [0.29, 0.717) is 11.8 Å². The molecule has 0 bridgehead atoms. The maximum absolute atomic E-state index is 14.5. The van der Waals surface area contributed by atoms with E-state index in [-0.39, 0.29) is 24.7 Å². The molecule has 3 nitrogen and oxygen atoms in total. The average Bonchev–Trinajstić information content (AvgIpc) is 3.25. The minimum atomic E-state index is -5.00. The van der Waals surface area contributed by atoms with E-state index < -0.39 is 17.9 Å². The van der Waals surface area contributed by atoms with Gasteiger partial charge in [0.1, 0.15) is 0 Å². The van der Waals surface area contributed by atoms with E-state index in [1.807, 2.05) is 0 Å². The van der Waals surface area contributed by atoms with Crippen LogP contribution in [0.4, 0.5) is 17.6 Å². The second kappa shape index (κ2) is 8.35. The summed E-state index contributed by atoms with van der Waals surface area (Å²) < 4.78 is 67.2. The summed E-state index contributed by atoms with van der Waals surface area (Å²) in [5.74, 6) is -1.50. The molecular formula is C19H24F4O3. The van der Waals surface area contributed by atoms with Crippen molar-refractivity contribution in [2.45, 2.75) is 57.7 Å². The van der Waals surface area contributed by atoms with E-state index in [0.717, 1.165) is 38.5 Å². The minimum Gasteiger partial charge on any atom is -0.490 e. The molecular weight excluding hydrogens is 352 g/mol. The summed E-state index contributed by atoms with van der Waals surface area (Å²) in [6.45, 7) is 0.509. The van der Waals surface area contributed by atoms with Gasteiger partial charge in [0.15, 0.2) is 11.5 Å². The van der Waals surface area contributed by atoms with Gasteiger partial charge in [-0.2, -0.15) is 4.39 Å². The number of alkyl halides is 3. The Morgan fingerprint density at radius 2 is 1.38 bits per heavy atom. The lowest BCUT2D eigenvalue weighted by Gasteiger charge is -2.17. The molecule has 0 spiro atoms. The van der Waals surface area contributed by atoms with Gasteiger partial charge in [0.05, 0.1) is 13.2 Å². The van der Waals surface area contributed by atoms with Gasteiger partial charge < -0.3 is 14.2 Å². The van der Waals surface area contributed by atoms with Crippen LogP contribution in [0.5, 0.6) is 17.2 Å². The van der Waals surface area contributed by atoms with Crippen LogP contribution in [-0.2, 0) is 0 Å². The lowest BCUT2D eigenvalue weighted by molar-refractivity contribution is -0.276. The largest absolute Gasteiger partial charge is 0.573 e. The lowest BCUT2D eigenvalue weighted by atomic mass is 10.1. The van der Waals surface area contributed by atoms with E-state index in [1.165, 1.54) is 25.0 Å². The summed E-state index contributed by atoms with van der Waals surface area (Å²) in [5, 5.41) is 0. The zero-order chi connectivity index (χ0) is 18.6. The first kappa shape index (κ1) is 19.1. The Morgan fingerprint density at radius 1 is 0.846 bits per heavy atom. The van der Waals surface area contributed by atoms with E-state index in [4.69, 9.17) is 9.47 Å². The normalized spacial score (nSPS) is 18.2. The van der Waals surface area contributed by atoms with Crippen LogP contribution in [0.1, 0.15) is 51.4 Å². The van der Waals surface area contributed by atoms with Crippen LogP contribution in [0.2, 0.25) is 0 Å². The molecule has 0 N–H and O–H groups in total. The molecule has 1 aromatic rings. The lowest BCUT2D eigenvalue weighted by Crippen LogP contribution is -2.19. The Hall–Kier alpha value is -1.66. The summed E-state index contributed by atoms with van der Waals surface area (Å²) >= 11 is 0. The predicted octanol–water partition coefficient (Wildman–Crippen LogP) is 5.86. The monoisotopic (exact) mass is 376 g/mol. The molecule has 0 aromatic heterocycles. The zero-order valence-corrected chi connectivity index (χ0v) is 14.6. The van der Waals surface area contributed by atoms with E-state index in [9.17, 15) is 17.6 Å². The molecule has 0 heterocycles. The van der Waals surface area contributed by atoms with E-state index in [2.05, 4.69) is 4.74 Å². The van der Waals surface area contributed by atoms with Crippen LogP contribution in [0.3, 0.4) is 0 Å². The van der Waals surface area contributed by atoms with Crippen LogP contribution < -0.4 is 14.2 Å². The van der Waals surface area contributed by atoms with Crippen molar-refractivity contribution in [1.82, 2.24) is 0 Å². The van der Waals surface area contributed by atoms with Crippen molar-refractivity contribution in [2.75, 3.05) is 13.2 Å². The number of hydrogen-bond acceptors (Lipinski definition) is 3. The molecule has 146 valence electrons. The standard InChI is InChI=1S/C19H24F4O3/c20-17-15(24-11-10-14-5-6-14)7-8-16(18(17)26-19(21,22)23)25-12-9-13-3-1-2-4-13/h7-8,13-14H,1-6,9-12H2. The highest BCUT2D eigenvalue weighted by molar-refractivity contribution is 5.47. The van der Waals surface area contributed by atoms with Crippen molar-refractivity contribution in [2.24, 2.45) is 11.8 Å². The molecule has 3 rings (SSSR count). The summed E-state index contributed by atoms with van der Waals surface area (Å²) in [4.78, 5) is 0. The van der Waals surface area contributed by atoms with Gasteiger partial charge in [0.25, 0.3) is 0 Å². The molecule has 2 aliphatic rings. The van der Waals surface area contributed by atoms with Crippen molar-refractivity contribution in [3.05, 3.63) is 17.9 Å². The van der Waals surface area contributed by atoms with Gasteiger partial charge in [0, 0.05) is 0 Å². The van der Waals surface area contributed by atoms with Crippen molar-refractivity contribution < 1.29 is 31.8 Å². The Bertz CT molecular complexity index is 593. The molecule has 0 unspecified atom stereocenters. The van der Waals surface area contributed by atoms with Crippen LogP contribution in [-0.4, -0.2) is 19.6 Å². The number of hydrogen-bond donors (Lipinski definition) is 0. The Labute approximate surface area is 150 Å². The third-order valence-electron chi connectivity index (χ3n) is 4.98. The molecule has 0 saturated heterocycles. The summed E-state index contributed by atoms with van der Waals surface area (Å²) in [5.41, 5.74) is 0. The molecule has 0 atom stereocenters. The quantitative estimate of drug-likeness (QED) is 0.505. The first-order chi connectivity index (χ1) is 12.4. The fourth-order valence-corrected chi connectivity index (χ4v) is 3.33. The summed E-state index contributed by atoms with van der Waals surface area (Å²) in [7, 11) is 0. The molecule has 0 radical (unpaired) electrons. The molecule has 2 saturated carbocycles. The molecule has 0 amide bonds. The molecule has 7 heteroatoms. The molecule has 1 aromatic carbocycles. The van der Waals surface area contributed by atoms with Gasteiger partial charge in [-0.15, -0.1) is 13.2 Å². The first-order valence-electron chi connectivity index (χ1n) is 9.26. The van der Waals surface area contributed by atoms with Crippen molar-refractivity contribution in [3.63, 3.8) is 0 Å². The van der Waals surface area contributed by atoms with Crippen LogP contribution in [0, 0.1) is 17.7 Å². The van der Waals surface area contributed by atoms with E-state index in [1.54, 1.807) is 0 Å².